The molecule has 0 saturated carbocycles. The number of Topliss-reactive ketones (excluding diaryl/α,β-unsaturated/α-hetero) is 1. The smallest absolute Gasteiger partial charge is 0.340 e. The Morgan fingerprint density at radius 3 is 2.33 bits per heavy atom. The molecule has 0 unspecified atom stereocenters. The highest BCUT2D eigenvalue weighted by Crippen LogP contribution is 2.16. The zero-order valence-electron chi connectivity index (χ0n) is 13.5. The lowest BCUT2D eigenvalue weighted by Gasteiger charge is -2.09. The van der Waals surface area contributed by atoms with E-state index >= 15 is 0 Å². The van der Waals surface area contributed by atoms with E-state index in [-0.39, 0.29) is 18.3 Å². The predicted octanol–water partition coefficient (Wildman–Crippen LogP) is 3.46. The summed E-state index contributed by atoms with van der Waals surface area (Å²) in [4.78, 5) is 35.2. The Morgan fingerprint density at radius 2 is 1.62 bits per heavy atom. The van der Waals surface area contributed by atoms with Gasteiger partial charge >= 0.3 is 5.97 Å². The second-order valence-corrected chi connectivity index (χ2v) is 5.26. The standard InChI is InChI=1S/C19H19NO4/c1-14(21)20-17-11-6-5-10-16(17)19(23)24-13-7-12-18(22)15-8-3-2-4-9-15/h2-6,8-11H,7,12-13H2,1H3,(H,20,21). The van der Waals surface area contributed by atoms with Crippen molar-refractivity contribution in [3.63, 3.8) is 0 Å². The van der Waals surface area contributed by atoms with Crippen molar-refractivity contribution in [2.45, 2.75) is 19.8 Å². The van der Waals surface area contributed by atoms with Crippen LogP contribution in [0.25, 0.3) is 0 Å². The highest BCUT2D eigenvalue weighted by atomic mass is 16.5. The van der Waals surface area contributed by atoms with Gasteiger partial charge in [-0.15, -0.1) is 0 Å². The number of hydrogen-bond acceptors (Lipinski definition) is 4. The van der Waals surface area contributed by atoms with Gasteiger partial charge in [-0.05, 0) is 18.6 Å². The molecule has 0 aliphatic carbocycles. The van der Waals surface area contributed by atoms with Crippen molar-refractivity contribution in [1.29, 1.82) is 0 Å². The maximum atomic E-state index is 12.1. The normalized spacial score (nSPS) is 10.0. The molecule has 0 atom stereocenters. The largest absolute Gasteiger partial charge is 0.462 e. The Balaban J connectivity index is 1.84. The molecule has 2 rings (SSSR count). The van der Waals surface area contributed by atoms with E-state index in [9.17, 15) is 14.4 Å². The maximum Gasteiger partial charge on any atom is 0.340 e. The molecule has 2 aromatic rings. The second-order valence-electron chi connectivity index (χ2n) is 5.26. The van der Waals surface area contributed by atoms with Gasteiger partial charge in [0.2, 0.25) is 5.91 Å². The van der Waals surface area contributed by atoms with Crippen LogP contribution in [0.15, 0.2) is 54.6 Å². The number of anilines is 1. The van der Waals surface area contributed by atoms with Crippen LogP contribution in [0.3, 0.4) is 0 Å². The minimum absolute atomic E-state index is 0.0188. The van der Waals surface area contributed by atoms with Crippen LogP contribution in [0, 0.1) is 0 Å². The first-order chi connectivity index (χ1) is 11.6. The monoisotopic (exact) mass is 325 g/mol. The molecule has 0 aliphatic rings. The molecule has 5 nitrogen and oxygen atoms in total. The Kier molecular flexibility index (Phi) is 6.25. The summed E-state index contributed by atoms with van der Waals surface area (Å²) < 4.78 is 5.19. The van der Waals surface area contributed by atoms with E-state index in [1.165, 1.54) is 6.92 Å². The summed E-state index contributed by atoms with van der Waals surface area (Å²) >= 11 is 0. The van der Waals surface area contributed by atoms with Gasteiger partial charge in [-0.1, -0.05) is 42.5 Å². The van der Waals surface area contributed by atoms with Gasteiger partial charge < -0.3 is 10.1 Å². The molecule has 0 radical (unpaired) electrons. The number of nitrogens with one attached hydrogen (secondary N) is 1. The van der Waals surface area contributed by atoms with Crippen molar-refractivity contribution >= 4 is 23.3 Å². The highest BCUT2D eigenvalue weighted by molar-refractivity contribution is 6.00. The number of ketones is 1. The molecule has 1 amide bonds. The lowest BCUT2D eigenvalue weighted by molar-refractivity contribution is -0.114. The van der Waals surface area contributed by atoms with Crippen molar-refractivity contribution in [2.24, 2.45) is 0 Å². The summed E-state index contributed by atoms with van der Waals surface area (Å²) in [5.41, 5.74) is 1.36. The molecule has 1 N–H and O–H groups in total. The molecule has 0 heterocycles. The molecule has 0 spiro atoms. The van der Waals surface area contributed by atoms with E-state index in [2.05, 4.69) is 5.32 Å². The van der Waals surface area contributed by atoms with Crippen molar-refractivity contribution in [1.82, 2.24) is 0 Å². The van der Waals surface area contributed by atoms with Crippen LogP contribution in [0.1, 0.15) is 40.5 Å². The van der Waals surface area contributed by atoms with Crippen molar-refractivity contribution in [2.75, 3.05) is 11.9 Å². The summed E-state index contributed by atoms with van der Waals surface area (Å²) in [5, 5.41) is 2.59. The second kappa shape index (κ2) is 8.62. The van der Waals surface area contributed by atoms with Crippen molar-refractivity contribution < 1.29 is 19.1 Å². The van der Waals surface area contributed by atoms with Gasteiger partial charge in [0.25, 0.3) is 0 Å². The number of esters is 1. The molecular formula is C19H19NO4. The van der Waals surface area contributed by atoms with Crippen LogP contribution in [0.2, 0.25) is 0 Å². The number of carbonyl (C=O) groups is 3. The van der Waals surface area contributed by atoms with Crippen LogP contribution < -0.4 is 5.32 Å². The van der Waals surface area contributed by atoms with Gasteiger partial charge in [0.15, 0.2) is 5.78 Å². The number of rotatable bonds is 7. The summed E-state index contributed by atoms with van der Waals surface area (Å²) in [6, 6.07) is 15.6. The third-order valence-electron chi connectivity index (χ3n) is 3.33. The fraction of sp³-hybridized carbons (Fsp3) is 0.211. The average molecular weight is 325 g/mol. The van der Waals surface area contributed by atoms with Crippen molar-refractivity contribution in [3.8, 4) is 0 Å². The third kappa shape index (κ3) is 5.05. The number of hydrogen-bond donors (Lipinski definition) is 1. The van der Waals surface area contributed by atoms with Gasteiger partial charge in [-0.3, -0.25) is 9.59 Å². The topological polar surface area (TPSA) is 72.5 Å². The van der Waals surface area contributed by atoms with Crippen LogP contribution >= 0.6 is 0 Å². The number of carbonyl (C=O) groups excluding carboxylic acids is 3. The number of ether oxygens (including phenoxy) is 1. The predicted molar refractivity (Wildman–Crippen MR) is 91.0 cm³/mol. The maximum absolute atomic E-state index is 12.1. The molecule has 0 aliphatic heterocycles. The van der Waals surface area contributed by atoms with E-state index in [4.69, 9.17) is 4.74 Å². The minimum Gasteiger partial charge on any atom is -0.462 e. The third-order valence-corrected chi connectivity index (χ3v) is 3.33. The first-order valence-electron chi connectivity index (χ1n) is 7.70. The zero-order chi connectivity index (χ0) is 17.4. The molecule has 0 fully saturated rings. The van der Waals surface area contributed by atoms with Gasteiger partial charge in [0.1, 0.15) is 0 Å². The van der Waals surface area contributed by atoms with E-state index in [0.717, 1.165) is 0 Å². The molecule has 0 saturated heterocycles. The number of benzene rings is 2. The van der Waals surface area contributed by atoms with E-state index in [1.807, 2.05) is 18.2 Å². The summed E-state index contributed by atoms with van der Waals surface area (Å²) in [5.74, 6) is -0.763. The van der Waals surface area contributed by atoms with Crippen LogP contribution in [0.4, 0.5) is 5.69 Å². The highest BCUT2D eigenvalue weighted by Gasteiger charge is 2.13. The minimum atomic E-state index is -0.522. The summed E-state index contributed by atoms with van der Waals surface area (Å²) in [6.45, 7) is 1.52. The Bertz CT molecular complexity index is 725. The van der Waals surface area contributed by atoms with Gasteiger partial charge in [-0.25, -0.2) is 4.79 Å². The Labute approximate surface area is 140 Å². The van der Waals surface area contributed by atoms with E-state index < -0.39 is 5.97 Å². The lowest BCUT2D eigenvalue weighted by Crippen LogP contribution is -2.13. The zero-order valence-corrected chi connectivity index (χ0v) is 13.5. The number of para-hydroxylation sites is 1. The summed E-state index contributed by atoms with van der Waals surface area (Å²) in [7, 11) is 0. The molecule has 124 valence electrons. The van der Waals surface area contributed by atoms with E-state index in [1.54, 1.807) is 36.4 Å². The lowest BCUT2D eigenvalue weighted by atomic mass is 10.1. The Hall–Kier alpha value is -2.95. The summed E-state index contributed by atoms with van der Waals surface area (Å²) in [6.07, 6.45) is 0.756. The van der Waals surface area contributed by atoms with Crippen LogP contribution in [0.5, 0.6) is 0 Å². The van der Waals surface area contributed by atoms with Gasteiger partial charge in [0.05, 0.1) is 17.9 Å². The average Bonchev–Trinajstić information content (AvgIpc) is 2.59. The van der Waals surface area contributed by atoms with Crippen LogP contribution in [-0.4, -0.2) is 24.3 Å². The Morgan fingerprint density at radius 1 is 0.958 bits per heavy atom. The molecular weight excluding hydrogens is 306 g/mol. The SMILES string of the molecule is CC(=O)Nc1ccccc1C(=O)OCCCC(=O)c1ccccc1. The fourth-order valence-electron chi connectivity index (χ4n) is 2.20. The fourth-order valence-corrected chi connectivity index (χ4v) is 2.20. The molecule has 24 heavy (non-hydrogen) atoms. The molecule has 5 heteroatoms. The van der Waals surface area contributed by atoms with Crippen LogP contribution in [-0.2, 0) is 9.53 Å². The first-order valence-corrected chi connectivity index (χ1v) is 7.70. The molecule has 0 aromatic heterocycles. The number of amides is 1. The molecule has 0 bridgehead atoms. The molecule has 2 aromatic carbocycles. The van der Waals surface area contributed by atoms with Gasteiger partial charge in [0, 0.05) is 18.9 Å². The van der Waals surface area contributed by atoms with Gasteiger partial charge in [-0.2, -0.15) is 0 Å². The first kappa shape index (κ1) is 17.4. The van der Waals surface area contributed by atoms with E-state index in [0.29, 0.717) is 29.7 Å². The van der Waals surface area contributed by atoms with Crippen molar-refractivity contribution in [3.05, 3.63) is 65.7 Å². The quantitative estimate of drug-likeness (QED) is 0.481.